The van der Waals surface area contributed by atoms with Crippen molar-refractivity contribution in [1.82, 2.24) is 0 Å². The smallest absolute Gasteiger partial charge is 0.200 e. The molecule has 7 heteroatoms. The predicted octanol–water partition coefficient (Wildman–Crippen LogP) is 4.72. The molecule has 144 valence electrons. The van der Waals surface area contributed by atoms with E-state index in [0.717, 1.165) is 0 Å². The first kappa shape index (κ1) is 23.8. The Balaban J connectivity index is 4.95. The number of Topliss-reactive ketones (excluding diaryl/α,β-unsaturated/α-hetero) is 2. The molecule has 0 rings (SSSR count). The van der Waals surface area contributed by atoms with Gasteiger partial charge in [-0.15, -0.1) is 23.2 Å². The van der Waals surface area contributed by atoms with Crippen LogP contribution in [0.5, 0.6) is 0 Å². The highest BCUT2D eigenvalue weighted by molar-refractivity contribution is 6.18. The molecule has 0 aromatic carbocycles. The first-order chi connectivity index (χ1) is 12.1. The maximum atomic E-state index is 12.0. The molecule has 0 aliphatic rings. The van der Waals surface area contributed by atoms with Gasteiger partial charge in [0, 0.05) is 24.6 Å². The molecule has 0 aliphatic carbocycles. The van der Waals surface area contributed by atoms with Crippen molar-refractivity contribution in [2.75, 3.05) is 25.0 Å². The molecule has 0 bridgehead atoms. The molecule has 0 unspecified atom stereocenters. The Morgan fingerprint density at radius 2 is 1.20 bits per heavy atom. The van der Waals surface area contributed by atoms with Gasteiger partial charge in [0.2, 0.25) is 11.6 Å². The number of ether oxygens (including phenoxy) is 3. The van der Waals surface area contributed by atoms with E-state index in [4.69, 9.17) is 37.4 Å². The average molecular weight is 395 g/mol. The van der Waals surface area contributed by atoms with Gasteiger partial charge in [0.1, 0.15) is 12.5 Å². The number of carbonyl (C=O) groups excluding carboxylic acids is 2. The Morgan fingerprint density at radius 3 is 1.52 bits per heavy atom. The number of halogens is 2. The van der Waals surface area contributed by atoms with Crippen molar-refractivity contribution in [1.29, 1.82) is 0 Å². The summed E-state index contributed by atoms with van der Waals surface area (Å²) in [5.74, 6) is 0.808. The van der Waals surface area contributed by atoms with Gasteiger partial charge in [-0.2, -0.15) is 0 Å². The number of hydrogen-bond donors (Lipinski definition) is 0. The van der Waals surface area contributed by atoms with Gasteiger partial charge in [0.05, 0.1) is 13.2 Å². The fourth-order valence-corrected chi connectivity index (χ4v) is 1.91. The second-order valence-electron chi connectivity index (χ2n) is 5.23. The fraction of sp³-hybridized carbons (Fsp3) is 0.667. The van der Waals surface area contributed by atoms with Gasteiger partial charge in [-0.3, -0.25) is 9.59 Å². The van der Waals surface area contributed by atoms with E-state index < -0.39 is 0 Å². The summed E-state index contributed by atoms with van der Waals surface area (Å²) < 4.78 is 16.1. The monoisotopic (exact) mass is 394 g/mol. The van der Waals surface area contributed by atoms with Crippen molar-refractivity contribution in [2.24, 2.45) is 0 Å². The van der Waals surface area contributed by atoms with Gasteiger partial charge in [-0.05, 0) is 25.7 Å². The molecule has 0 radical (unpaired) electrons. The number of ketones is 2. The quantitative estimate of drug-likeness (QED) is 0.164. The number of rotatable bonds is 16. The van der Waals surface area contributed by atoms with Crippen LogP contribution < -0.4 is 0 Å². The highest BCUT2D eigenvalue weighted by Gasteiger charge is 2.13. The van der Waals surface area contributed by atoms with Gasteiger partial charge in [0.15, 0.2) is 11.5 Å². The van der Waals surface area contributed by atoms with Crippen LogP contribution in [-0.4, -0.2) is 36.5 Å². The van der Waals surface area contributed by atoms with E-state index in [1.165, 1.54) is 12.5 Å². The maximum absolute atomic E-state index is 12.0. The summed E-state index contributed by atoms with van der Waals surface area (Å²) >= 11 is 11.2. The summed E-state index contributed by atoms with van der Waals surface area (Å²) in [5.41, 5.74) is 0. The molecule has 0 atom stereocenters. The molecule has 0 fully saturated rings. The molecule has 0 heterocycles. The van der Waals surface area contributed by atoms with Crippen LogP contribution in [-0.2, 0) is 23.8 Å². The lowest BCUT2D eigenvalue weighted by Crippen LogP contribution is -2.09. The van der Waals surface area contributed by atoms with E-state index in [2.05, 4.69) is 0 Å². The van der Waals surface area contributed by atoms with E-state index in [-0.39, 0.29) is 23.1 Å². The Hall–Kier alpha value is -1.20. The minimum absolute atomic E-state index is 0.117. The molecule has 0 aromatic heterocycles. The molecular weight excluding hydrogens is 367 g/mol. The van der Waals surface area contributed by atoms with E-state index >= 15 is 0 Å². The molecule has 5 nitrogen and oxygen atoms in total. The second kappa shape index (κ2) is 16.3. The van der Waals surface area contributed by atoms with Crippen LogP contribution in [0, 0.1) is 0 Å². The van der Waals surface area contributed by atoms with Crippen LogP contribution in [0.3, 0.4) is 0 Å². The summed E-state index contributed by atoms with van der Waals surface area (Å²) in [6.07, 6.45) is 5.76. The molecule has 0 saturated carbocycles. The Morgan fingerprint density at radius 1 is 0.800 bits per heavy atom. The first-order valence-electron chi connectivity index (χ1n) is 8.60. The third kappa shape index (κ3) is 11.9. The van der Waals surface area contributed by atoms with Crippen molar-refractivity contribution in [2.45, 2.75) is 52.4 Å². The van der Waals surface area contributed by atoms with Gasteiger partial charge >= 0.3 is 0 Å². The SMILES string of the molecule is CCCC(=O)C(=COC=C(OCCCCl)C(=O)CCC)OCCCCl. The number of alkyl halides is 2. The van der Waals surface area contributed by atoms with Crippen molar-refractivity contribution in [3.8, 4) is 0 Å². The lowest BCUT2D eigenvalue weighted by Gasteiger charge is -2.10. The zero-order valence-electron chi connectivity index (χ0n) is 15.0. The highest BCUT2D eigenvalue weighted by atomic mass is 35.5. The van der Waals surface area contributed by atoms with Gasteiger partial charge in [-0.1, -0.05) is 13.8 Å². The summed E-state index contributed by atoms with van der Waals surface area (Å²) in [5, 5.41) is 0. The molecule has 0 spiro atoms. The van der Waals surface area contributed by atoms with Crippen molar-refractivity contribution < 1.29 is 23.8 Å². The Labute approximate surface area is 160 Å². The molecular formula is C18H28Cl2O5. The second-order valence-corrected chi connectivity index (χ2v) is 5.98. The Bertz CT molecular complexity index is 407. The van der Waals surface area contributed by atoms with Gasteiger partial charge < -0.3 is 14.2 Å². The maximum Gasteiger partial charge on any atom is 0.200 e. The largest absolute Gasteiger partial charge is 0.487 e. The standard InChI is InChI=1S/C18H28Cl2O5/c1-3-7-15(21)17(24-11-5-9-19)13-23-14-18(16(22)8-4-2)25-12-6-10-20/h13-14H,3-12H2,1-2H3. The highest BCUT2D eigenvalue weighted by Crippen LogP contribution is 2.10. The zero-order chi connectivity index (χ0) is 18.9. The Kier molecular flexibility index (Phi) is 15.5. The van der Waals surface area contributed by atoms with Gasteiger partial charge in [-0.25, -0.2) is 0 Å². The number of allylic oxidation sites excluding steroid dienone is 2. The van der Waals surface area contributed by atoms with E-state index in [0.29, 0.717) is 63.5 Å². The molecule has 0 N–H and O–H groups in total. The van der Waals surface area contributed by atoms with Crippen LogP contribution in [0.4, 0.5) is 0 Å². The normalized spacial score (nSPS) is 12.0. The van der Waals surface area contributed by atoms with Crippen molar-refractivity contribution >= 4 is 34.8 Å². The van der Waals surface area contributed by atoms with Crippen LogP contribution in [0.2, 0.25) is 0 Å². The minimum atomic E-state index is -0.157. The molecule has 0 aromatic rings. The minimum Gasteiger partial charge on any atom is -0.487 e. The summed E-state index contributed by atoms with van der Waals surface area (Å²) in [4.78, 5) is 24.0. The molecule has 0 amide bonds. The topological polar surface area (TPSA) is 61.8 Å². The fourth-order valence-electron chi connectivity index (χ4n) is 1.69. The van der Waals surface area contributed by atoms with E-state index in [1.807, 2.05) is 13.8 Å². The number of carbonyl (C=O) groups is 2. The predicted molar refractivity (Wildman–Crippen MR) is 99.7 cm³/mol. The van der Waals surface area contributed by atoms with Crippen molar-refractivity contribution in [3.05, 3.63) is 24.0 Å². The van der Waals surface area contributed by atoms with Crippen LogP contribution in [0.15, 0.2) is 24.0 Å². The molecule has 0 saturated heterocycles. The zero-order valence-corrected chi connectivity index (χ0v) is 16.5. The first-order valence-corrected chi connectivity index (χ1v) is 9.67. The summed E-state index contributed by atoms with van der Waals surface area (Å²) in [6.45, 7) is 4.46. The van der Waals surface area contributed by atoms with E-state index in [1.54, 1.807) is 0 Å². The molecule has 25 heavy (non-hydrogen) atoms. The number of hydrogen-bond acceptors (Lipinski definition) is 5. The molecule has 0 aliphatic heterocycles. The summed E-state index contributed by atoms with van der Waals surface area (Å²) in [6, 6.07) is 0. The van der Waals surface area contributed by atoms with E-state index in [9.17, 15) is 9.59 Å². The van der Waals surface area contributed by atoms with Crippen LogP contribution >= 0.6 is 23.2 Å². The van der Waals surface area contributed by atoms with Crippen LogP contribution in [0.1, 0.15) is 52.4 Å². The average Bonchev–Trinajstić information content (AvgIpc) is 2.59. The van der Waals surface area contributed by atoms with Crippen LogP contribution in [0.25, 0.3) is 0 Å². The van der Waals surface area contributed by atoms with Crippen molar-refractivity contribution in [3.63, 3.8) is 0 Å². The lowest BCUT2D eigenvalue weighted by molar-refractivity contribution is -0.119. The third-order valence-electron chi connectivity index (χ3n) is 2.92. The summed E-state index contributed by atoms with van der Waals surface area (Å²) in [7, 11) is 0. The lowest BCUT2D eigenvalue weighted by atomic mass is 10.2. The third-order valence-corrected chi connectivity index (χ3v) is 3.46. The van der Waals surface area contributed by atoms with Gasteiger partial charge in [0.25, 0.3) is 0 Å².